The Labute approximate surface area is 212 Å². The first-order valence-corrected chi connectivity index (χ1v) is 13.0. The van der Waals surface area contributed by atoms with Crippen LogP contribution in [0, 0.1) is 5.41 Å². The van der Waals surface area contributed by atoms with Gasteiger partial charge in [0.25, 0.3) is 0 Å². The number of rotatable bonds is 6. The minimum absolute atomic E-state index is 0.0638. The lowest BCUT2D eigenvalue weighted by Crippen LogP contribution is -2.41. The Kier molecular flexibility index (Phi) is 7.38. The summed E-state index contributed by atoms with van der Waals surface area (Å²) in [5, 5.41) is 9.32. The number of hydrogen-bond donors (Lipinski definition) is 2. The number of hydrogen-bond acceptors (Lipinski definition) is 11. The summed E-state index contributed by atoms with van der Waals surface area (Å²) in [6, 6.07) is -1.58. The van der Waals surface area contributed by atoms with E-state index in [1.165, 1.54) is 4.90 Å². The Morgan fingerprint density at radius 2 is 1.81 bits per heavy atom. The molecule has 1 saturated heterocycles. The number of esters is 1. The number of nitrogens with zero attached hydrogens (tertiary/aromatic N) is 4. The number of carbonyl (C=O) groups is 3. The smallest absolute Gasteiger partial charge is 0.418 e. The van der Waals surface area contributed by atoms with Crippen molar-refractivity contribution in [2.75, 3.05) is 6.54 Å². The second-order valence-corrected chi connectivity index (χ2v) is 12.3. The van der Waals surface area contributed by atoms with Crippen LogP contribution in [0.2, 0.25) is 0 Å². The van der Waals surface area contributed by atoms with Crippen molar-refractivity contribution in [1.29, 1.82) is 5.41 Å². The molecule has 3 heterocycles. The van der Waals surface area contributed by atoms with Crippen molar-refractivity contribution >= 4 is 45.7 Å². The van der Waals surface area contributed by atoms with Gasteiger partial charge in [-0.15, -0.1) is 15.6 Å². The first-order valence-electron chi connectivity index (χ1n) is 10.9. The molecule has 0 aliphatic carbocycles. The van der Waals surface area contributed by atoms with E-state index in [1.54, 1.807) is 41.5 Å². The van der Waals surface area contributed by atoms with Gasteiger partial charge in [0.1, 0.15) is 34.5 Å². The number of carbonyl (C=O) groups excluding carboxylic acids is 3. The van der Waals surface area contributed by atoms with Gasteiger partial charge in [0.05, 0.1) is 30.2 Å². The summed E-state index contributed by atoms with van der Waals surface area (Å²) in [4.78, 5) is 44.8. The second-order valence-electron chi connectivity index (χ2n) is 10.2. The van der Waals surface area contributed by atoms with Gasteiger partial charge in [-0.1, -0.05) is 0 Å². The molecule has 1 fully saturated rings. The lowest BCUT2D eigenvalue weighted by molar-refractivity contribution is -0.153. The highest BCUT2D eigenvalue weighted by Gasteiger charge is 2.47. The molecule has 3 amide bonds. The second kappa shape index (κ2) is 9.57. The molecule has 2 bridgehead atoms. The molecule has 3 rings (SSSR count). The van der Waals surface area contributed by atoms with Crippen molar-refractivity contribution in [2.45, 2.75) is 78.3 Å². The molecule has 1 aromatic rings. The molecule has 2 aliphatic heterocycles. The summed E-state index contributed by atoms with van der Waals surface area (Å²) in [6.45, 7) is 10.0. The van der Waals surface area contributed by atoms with Gasteiger partial charge in [0, 0.05) is 0 Å². The zero-order valence-corrected chi connectivity index (χ0v) is 22.4. The molecule has 0 spiro atoms. The van der Waals surface area contributed by atoms with Crippen molar-refractivity contribution in [3.63, 3.8) is 0 Å². The van der Waals surface area contributed by atoms with Crippen LogP contribution < -0.4 is 0 Å². The summed E-state index contributed by atoms with van der Waals surface area (Å²) in [5.74, 6) is -1.05. The van der Waals surface area contributed by atoms with Crippen LogP contribution in [-0.2, 0) is 42.0 Å². The molecule has 0 saturated carbocycles. The number of thiazole rings is 1. The molecular weight excluding hydrogens is 518 g/mol. The molecule has 0 radical (unpaired) electrons. The van der Waals surface area contributed by atoms with E-state index in [4.69, 9.17) is 19.4 Å². The van der Waals surface area contributed by atoms with E-state index in [2.05, 4.69) is 9.27 Å². The highest BCUT2D eigenvalue weighted by Crippen LogP contribution is 2.41. The minimum Gasteiger partial charge on any atom is -0.460 e. The third kappa shape index (κ3) is 6.89. The van der Waals surface area contributed by atoms with E-state index in [9.17, 15) is 22.8 Å². The molecule has 16 heteroatoms. The summed E-state index contributed by atoms with van der Waals surface area (Å²) in [7, 11) is -4.94. The molecule has 1 atom stereocenters. The number of nitrogens with one attached hydrogen (secondary N) is 1. The van der Waals surface area contributed by atoms with Crippen LogP contribution in [0.15, 0.2) is 0 Å². The number of fused-ring (bicyclic) bond motifs is 4. The highest BCUT2D eigenvalue weighted by atomic mass is 32.3. The molecule has 36 heavy (non-hydrogen) atoms. The first-order chi connectivity index (χ1) is 16.3. The number of amidine groups is 1. The molecule has 2 N–H and O–H groups in total. The Balaban J connectivity index is 1.85. The van der Waals surface area contributed by atoms with Crippen LogP contribution >= 0.6 is 11.3 Å². The largest absolute Gasteiger partial charge is 0.460 e. The van der Waals surface area contributed by atoms with E-state index < -0.39 is 52.2 Å². The fourth-order valence-electron chi connectivity index (χ4n) is 3.51. The van der Waals surface area contributed by atoms with Gasteiger partial charge in [0.15, 0.2) is 0 Å². The fraction of sp³-hybridized carbons (Fsp3) is 0.650. The topological polar surface area (TPSA) is 180 Å². The van der Waals surface area contributed by atoms with Crippen LogP contribution in [0.3, 0.4) is 0 Å². The van der Waals surface area contributed by atoms with Gasteiger partial charge in [-0.25, -0.2) is 14.6 Å². The van der Waals surface area contributed by atoms with Crippen molar-refractivity contribution in [1.82, 2.24) is 19.8 Å². The van der Waals surface area contributed by atoms with Crippen molar-refractivity contribution in [3.8, 4) is 0 Å². The number of amides is 3. The zero-order chi connectivity index (χ0) is 27.2. The monoisotopic (exact) mass is 547 g/mol. The SMILES string of the molecule is CC(C)(C)OC(=O)CC(=N)N(Cc1nc2c(s1)C1CN(C2)C(=O)N1OS(=O)(=O)O)C(=O)OC(C)(C)C. The van der Waals surface area contributed by atoms with Gasteiger partial charge >= 0.3 is 28.5 Å². The Hall–Kier alpha value is -2.82. The quantitative estimate of drug-likeness (QED) is 0.233. The Bertz CT molecular complexity index is 1180. The number of urea groups is 1. The first kappa shape index (κ1) is 27.8. The molecule has 14 nitrogen and oxygen atoms in total. The molecular formula is C20H29N5O9S2. The van der Waals surface area contributed by atoms with E-state index in [-0.39, 0.29) is 25.5 Å². The van der Waals surface area contributed by atoms with Crippen LogP contribution in [0.1, 0.15) is 69.6 Å². The zero-order valence-electron chi connectivity index (χ0n) is 20.7. The minimum atomic E-state index is -4.94. The summed E-state index contributed by atoms with van der Waals surface area (Å²) in [6.07, 6.45) is -1.34. The van der Waals surface area contributed by atoms with Gasteiger partial charge in [-0.05, 0) is 41.5 Å². The standard InChI is InChI=1S/C20H29N5O9S2/c1-19(2,3)32-15(26)7-13(21)24(18(28)33-20(4,5)6)10-14-22-11-8-23-9-12(16(11)35-14)25(17(23)27)34-36(29,30)31/h12,21H,7-10H2,1-6H3,(H,29,30,31). The lowest BCUT2D eigenvalue weighted by atomic mass is 10.1. The fourth-order valence-corrected chi connectivity index (χ4v) is 5.02. The Morgan fingerprint density at radius 1 is 1.19 bits per heavy atom. The average molecular weight is 548 g/mol. The van der Waals surface area contributed by atoms with Gasteiger partial charge < -0.3 is 14.4 Å². The molecule has 2 aliphatic rings. The van der Waals surface area contributed by atoms with Gasteiger partial charge in [-0.2, -0.15) is 13.5 Å². The average Bonchev–Trinajstić information content (AvgIpc) is 3.17. The normalized spacial score (nSPS) is 17.6. The molecule has 200 valence electrons. The maximum atomic E-state index is 12.9. The van der Waals surface area contributed by atoms with Crippen LogP contribution in [0.5, 0.6) is 0 Å². The third-order valence-electron chi connectivity index (χ3n) is 4.69. The molecule has 0 aromatic carbocycles. The van der Waals surface area contributed by atoms with E-state index in [1.807, 2.05) is 0 Å². The molecule has 1 aromatic heterocycles. The predicted octanol–water partition coefficient (Wildman–Crippen LogP) is 2.62. The van der Waals surface area contributed by atoms with E-state index >= 15 is 0 Å². The number of aromatic nitrogens is 1. The van der Waals surface area contributed by atoms with Crippen LogP contribution in [0.25, 0.3) is 0 Å². The maximum absolute atomic E-state index is 12.9. The molecule has 1 unspecified atom stereocenters. The Morgan fingerprint density at radius 3 is 2.36 bits per heavy atom. The highest BCUT2D eigenvalue weighted by molar-refractivity contribution is 7.80. The third-order valence-corrected chi connectivity index (χ3v) is 6.22. The number of hydroxylamine groups is 2. The summed E-state index contributed by atoms with van der Waals surface area (Å²) >= 11 is 1.09. The summed E-state index contributed by atoms with van der Waals surface area (Å²) < 4.78 is 46.6. The van der Waals surface area contributed by atoms with Gasteiger partial charge in [-0.3, -0.25) is 19.7 Å². The van der Waals surface area contributed by atoms with Gasteiger partial charge in [0.2, 0.25) is 0 Å². The van der Waals surface area contributed by atoms with Crippen molar-refractivity contribution in [3.05, 3.63) is 15.6 Å². The van der Waals surface area contributed by atoms with E-state index in [0.29, 0.717) is 20.6 Å². The van der Waals surface area contributed by atoms with Crippen LogP contribution in [0.4, 0.5) is 9.59 Å². The predicted molar refractivity (Wildman–Crippen MR) is 125 cm³/mol. The maximum Gasteiger partial charge on any atom is 0.418 e. The van der Waals surface area contributed by atoms with Crippen molar-refractivity contribution < 1.29 is 41.1 Å². The van der Waals surface area contributed by atoms with E-state index in [0.717, 1.165) is 16.2 Å². The lowest BCUT2D eigenvalue weighted by Gasteiger charge is -2.27. The van der Waals surface area contributed by atoms with Crippen molar-refractivity contribution in [2.24, 2.45) is 0 Å². The van der Waals surface area contributed by atoms with Crippen LogP contribution in [-0.4, -0.2) is 74.5 Å². The summed E-state index contributed by atoms with van der Waals surface area (Å²) in [5.41, 5.74) is -1.18. The number of ether oxygens (including phenoxy) is 2.